The van der Waals surface area contributed by atoms with E-state index in [0.717, 1.165) is 0 Å². The Morgan fingerprint density at radius 3 is 1.63 bits per heavy atom. The predicted molar refractivity (Wildman–Crippen MR) is 43.9 cm³/mol. The van der Waals surface area contributed by atoms with Crippen LogP contribution in [0.3, 0.4) is 0 Å². The van der Waals surface area contributed by atoms with Gasteiger partial charge in [-0.25, -0.2) is 22.8 Å². The van der Waals surface area contributed by atoms with Crippen molar-refractivity contribution in [1.29, 1.82) is 0 Å². The molecule has 0 atom stereocenters. The molecule has 0 aliphatic heterocycles. The molecule has 0 bridgehead atoms. The summed E-state index contributed by atoms with van der Waals surface area (Å²) in [6.07, 6.45) is 0. The minimum atomic E-state index is -2.52. The van der Waals surface area contributed by atoms with E-state index in [2.05, 4.69) is 4.74 Å². The number of nitro groups is 1. The summed E-state index contributed by atoms with van der Waals surface area (Å²) in [5.74, 6) is -19.4. The summed E-state index contributed by atoms with van der Waals surface area (Å²) in [4.78, 5) is 29.2. The smallest absolute Gasteiger partial charge is 0.409 e. The number of hydrogen-bond donors (Lipinski definition) is 0. The lowest BCUT2D eigenvalue weighted by Gasteiger charge is -2.06. The van der Waals surface area contributed by atoms with Gasteiger partial charge in [-0.1, -0.05) is 0 Å². The number of benzene rings is 1. The van der Waals surface area contributed by atoms with Gasteiger partial charge in [-0.3, -0.25) is 10.1 Å². The molecule has 0 saturated carbocycles. The lowest BCUT2D eigenvalue weighted by molar-refractivity contribution is -0.397. The Labute approximate surface area is 99.1 Å². The third kappa shape index (κ3) is 2.48. The predicted octanol–water partition coefficient (Wildman–Crippen LogP) is 1.09. The summed E-state index contributed by atoms with van der Waals surface area (Å²) in [6.45, 7) is 0. The molecular formula is C8F5NO5. The zero-order valence-corrected chi connectivity index (χ0v) is 8.38. The fraction of sp³-hybridized carbons (Fsp3) is 0. The first-order chi connectivity index (χ1) is 8.68. The van der Waals surface area contributed by atoms with E-state index in [4.69, 9.17) is 0 Å². The zero-order chi connectivity index (χ0) is 14.9. The van der Waals surface area contributed by atoms with Crippen LogP contribution in [0.5, 0.6) is 5.75 Å². The van der Waals surface area contributed by atoms with Crippen LogP contribution in [-0.4, -0.2) is 16.8 Å². The fourth-order valence-corrected chi connectivity index (χ4v) is 0.885. The number of ether oxygens (including phenoxy) is 1. The van der Waals surface area contributed by atoms with E-state index in [1.54, 1.807) is 0 Å². The molecule has 0 heterocycles. The van der Waals surface area contributed by atoms with Crippen LogP contribution in [0.15, 0.2) is 0 Å². The SMILES string of the molecule is O=C(Oc1c(F)c(F)c(F)c(F)c1F)C(=O)[N+](=O)[O-]. The van der Waals surface area contributed by atoms with Crippen LogP contribution in [-0.2, 0) is 9.59 Å². The second-order valence-electron chi connectivity index (χ2n) is 2.85. The highest BCUT2D eigenvalue weighted by molar-refractivity contribution is 6.29. The molecule has 1 aromatic rings. The first-order valence-corrected chi connectivity index (χ1v) is 4.10. The second-order valence-corrected chi connectivity index (χ2v) is 2.85. The number of carbonyl (C=O) groups excluding carboxylic acids is 2. The molecule has 1 amide bonds. The van der Waals surface area contributed by atoms with Crippen LogP contribution in [0.2, 0.25) is 0 Å². The van der Waals surface area contributed by atoms with Crippen LogP contribution >= 0.6 is 0 Å². The molecule has 0 aromatic heterocycles. The van der Waals surface area contributed by atoms with Gasteiger partial charge in [-0.2, -0.15) is 8.78 Å². The van der Waals surface area contributed by atoms with E-state index >= 15 is 0 Å². The van der Waals surface area contributed by atoms with Gasteiger partial charge in [0.25, 0.3) is 0 Å². The molecule has 0 aliphatic carbocycles. The molecule has 0 unspecified atom stereocenters. The van der Waals surface area contributed by atoms with Gasteiger partial charge in [0.2, 0.25) is 34.8 Å². The largest absolute Gasteiger partial charge is 0.555 e. The first kappa shape index (κ1) is 14.5. The Balaban J connectivity index is 3.27. The van der Waals surface area contributed by atoms with Crippen molar-refractivity contribution >= 4 is 11.9 Å². The lowest BCUT2D eigenvalue weighted by Crippen LogP contribution is -2.28. The standard InChI is InChI=1S/C8F5NO5/c9-1-2(10)4(12)6(5(13)3(1)11)19-8(16)7(15)14(17)18. The molecule has 1 aromatic carbocycles. The van der Waals surface area contributed by atoms with Crippen molar-refractivity contribution in [1.82, 2.24) is 0 Å². The Hall–Kier alpha value is -2.59. The van der Waals surface area contributed by atoms with Crippen LogP contribution in [0, 0.1) is 39.2 Å². The topological polar surface area (TPSA) is 86.5 Å². The molecule has 0 N–H and O–H groups in total. The van der Waals surface area contributed by atoms with Gasteiger partial charge in [-0.05, 0) is 0 Å². The number of rotatable bonds is 1. The Kier molecular flexibility index (Phi) is 3.77. The van der Waals surface area contributed by atoms with Crippen molar-refractivity contribution in [2.24, 2.45) is 0 Å². The summed E-state index contributed by atoms with van der Waals surface area (Å²) in [7, 11) is 0. The molecule has 0 saturated heterocycles. The van der Waals surface area contributed by atoms with Gasteiger partial charge in [0.1, 0.15) is 4.92 Å². The first-order valence-electron chi connectivity index (χ1n) is 4.10. The highest BCUT2D eigenvalue weighted by Gasteiger charge is 2.34. The quantitative estimate of drug-likeness (QED) is 0.113. The Bertz CT molecular complexity index is 573. The van der Waals surface area contributed by atoms with Crippen molar-refractivity contribution in [2.45, 2.75) is 0 Å². The second kappa shape index (κ2) is 4.96. The minimum Gasteiger partial charge on any atom is -0.409 e. The molecule has 11 heteroatoms. The van der Waals surface area contributed by atoms with E-state index in [0.29, 0.717) is 0 Å². The Morgan fingerprint density at radius 1 is 0.895 bits per heavy atom. The maximum atomic E-state index is 12.9. The molecular weight excluding hydrogens is 285 g/mol. The van der Waals surface area contributed by atoms with Gasteiger partial charge in [0.15, 0.2) is 0 Å². The van der Waals surface area contributed by atoms with Crippen molar-refractivity contribution in [3.8, 4) is 5.75 Å². The number of amides is 1. The highest BCUT2D eigenvalue weighted by atomic mass is 19.2. The van der Waals surface area contributed by atoms with Crippen molar-refractivity contribution < 1.29 is 41.2 Å². The van der Waals surface area contributed by atoms with E-state index in [1.165, 1.54) is 0 Å². The van der Waals surface area contributed by atoms with E-state index in [9.17, 15) is 41.7 Å². The van der Waals surface area contributed by atoms with Gasteiger partial charge < -0.3 is 4.74 Å². The third-order valence-corrected chi connectivity index (χ3v) is 1.70. The molecule has 0 aliphatic rings. The van der Waals surface area contributed by atoms with Gasteiger partial charge in [0, 0.05) is 0 Å². The number of esters is 1. The number of nitrogens with zero attached hydrogens (tertiary/aromatic N) is 1. The number of halogens is 5. The van der Waals surface area contributed by atoms with Gasteiger partial charge in [0.05, 0.1) is 0 Å². The number of hydrogen-bond acceptors (Lipinski definition) is 5. The molecule has 6 nitrogen and oxygen atoms in total. The Morgan fingerprint density at radius 2 is 1.26 bits per heavy atom. The molecule has 0 fully saturated rings. The lowest BCUT2D eigenvalue weighted by atomic mass is 10.2. The summed E-state index contributed by atoms with van der Waals surface area (Å²) in [6, 6.07) is 0. The summed E-state index contributed by atoms with van der Waals surface area (Å²) in [5.41, 5.74) is 0. The van der Waals surface area contributed by atoms with Crippen LogP contribution < -0.4 is 4.74 Å². The monoisotopic (exact) mass is 285 g/mol. The normalized spacial score (nSPS) is 10.2. The third-order valence-electron chi connectivity index (χ3n) is 1.70. The summed E-state index contributed by atoms with van der Waals surface area (Å²) in [5, 5.41) is 9.85. The van der Waals surface area contributed by atoms with Crippen LogP contribution in [0.4, 0.5) is 22.0 Å². The average Bonchev–Trinajstić information content (AvgIpc) is 2.37. The van der Waals surface area contributed by atoms with Crippen molar-refractivity contribution in [3.63, 3.8) is 0 Å². The molecule has 1 rings (SSSR count). The van der Waals surface area contributed by atoms with E-state index < -0.39 is 51.6 Å². The summed E-state index contributed by atoms with van der Waals surface area (Å²) >= 11 is 0. The zero-order valence-electron chi connectivity index (χ0n) is 8.38. The minimum absolute atomic E-state index is 1.80. The molecule has 102 valence electrons. The summed E-state index contributed by atoms with van der Waals surface area (Å²) < 4.78 is 67.2. The number of carbonyl (C=O) groups is 2. The maximum Gasteiger partial charge on any atom is 0.555 e. The molecule has 0 radical (unpaired) electrons. The molecule has 0 spiro atoms. The van der Waals surface area contributed by atoms with Crippen molar-refractivity contribution in [3.05, 3.63) is 39.2 Å². The van der Waals surface area contributed by atoms with Gasteiger partial charge >= 0.3 is 11.9 Å². The van der Waals surface area contributed by atoms with Crippen LogP contribution in [0.25, 0.3) is 0 Å². The molecule has 19 heavy (non-hydrogen) atoms. The maximum absolute atomic E-state index is 12.9. The van der Waals surface area contributed by atoms with Gasteiger partial charge in [-0.15, -0.1) is 0 Å². The van der Waals surface area contributed by atoms with Crippen molar-refractivity contribution in [2.75, 3.05) is 0 Å². The fourth-order valence-electron chi connectivity index (χ4n) is 0.885. The van der Waals surface area contributed by atoms with Crippen LogP contribution in [0.1, 0.15) is 0 Å². The highest BCUT2D eigenvalue weighted by Crippen LogP contribution is 2.29. The average molecular weight is 285 g/mol. The van der Waals surface area contributed by atoms with E-state index in [-0.39, 0.29) is 0 Å². The van der Waals surface area contributed by atoms with E-state index in [1.807, 2.05) is 0 Å².